The van der Waals surface area contributed by atoms with Crippen molar-refractivity contribution in [3.05, 3.63) is 33.7 Å². The fourth-order valence-electron chi connectivity index (χ4n) is 2.25. The summed E-state index contributed by atoms with van der Waals surface area (Å²) in [5, 5.41) is 0.858. The van der Waals surface area contributed by atoms with Crippen LogP contribution < -0.4 is 5.56 Å². The number of ketones is 1. The molecule has 0 saturated carbocycles. The summed E-state index contributed by atoms with van der Waals surface area (Å²) in [6.07, 6.45) is 2.31. The van der Waals surface area contributed by atoms with Gasteiger partial charge < -0.3 is 4.57 Å². The zero-order chi connectivity index (χ0) is 12.4. The molecule has 0 aromatic carbocycles. The van der Waals surface area contributed by atoms with E-state index in [0.29, 0.717) is 18.9 Å². The summed E-state index contributed by atoms with van der Waals surface area (Å²) in [5.41, 5.74) is 1.69. The van der Waals surface area contributed by atoms with Gasteiger partial charge in [0, 0.05) is 35.6 Å². The number of hydrogen-bond donors (Lipinski definition) is 0. The molecule has 1 heterocycles. The van der Waals surface area contributed by atoms with Gasteiger partial charge in [0.15, 0.2) is 5.78 Å². The average molecular weight is 298 g/mol. The van der Waals surface area contributed by atoms with E-state index in [2.05, 4.69) is 22.9 Å². The molecule has 1 aromatic heterocycles. The van der Waals surface area contributed by atoms with Crippen LogP contribution in [0.2, 0.25) is 0 Å². The molecule has 0 bridgehead atoms. The molecular weight excluding hydrogens is 282 g/mol. The average Bonchev–Trinajstić information content (AvgIpc) is 2.33. The monoisotopic (exact) mass is 297 g/mol. The highest BCUT2D eigenvalue weighted by molar-refractivity contribution is 9.09. The van der Waals surface area contributed by atoms with Crippen LogP contribution in [-0.4, -0.2) is 15.7 Å². The van der Waals surface area contributed by atoms with Gasteiger partial charge in [-0.3, -0.25) is 9.59 Å². The van der Waals surface area contributed by atoms with E-state index in [0.717, 1.165) is 29.4 Å². The molecule has 17 heavy (non-hydrogen) atoms. The van der Waals surface area contributed by atoms with Crippen LogP contribution in [0.4, 0.5) is 0 Å². The largest absolute Gasteiger partial charge is 0.312 e. The Morgan fingerprint density at radius 2 is 2.12 bits per heavy atom. The first kappa shape index (κ1) is 12.6. The highest BCUT2D eigenvalue weighted by Gasteiger charge is 2.21. The van der Waals surface area contributed by atoms with Gasteiger partial charge in [-0.25, -0.2) is 0 Å². The Labute approximate surface area is 109 Å². The minimum absolute atomic E-state index is 0.00579. The highest BCUT2D eigenvalue weighted by Crippen LogP contribution is 2.20. The first-order valence-electron chi connectivity index (χ1n) is 5.95. The van der Waals surface area contributed by atoms with Crippen molar-refractivity contribution in [2.75, 3.05) is 5.33 Å². The zero-order valence-corrected chi connectivity index (χ0v) is 11.5. The Balaban J connectivity index is 2.46. The Bertz CT molecular complexity index is 493. The summed E-state index contributed by atoms with van der Waals surface area (Å²) in [6.45, 7) is 2.77. The molecule has 0 radical (unpaired) electrons. The molecule has 1 aromatic rings. The fraction of sp³-hybridized carbons (Fsp3) is 0.538. The molecule has 0 spiro atoms. The molecule has 0 N–H and O–H groups in total. The van der Waals surface area contributed by atoms with Gasteiger partial charge in [0.25, 0.3) is 5.56 Å². The van der Waals surface area contributed by atoms with Gasteiger partial charge in [0.2, 0.25) is 0 Å². The minimum Gasteiger partial charge on any atom is -0.312 e. The van der Waals surface area contributed by atoms with E-state index >= 15 is 0 Å². The number of aromatic nitrogens is 1. The number of alkyl halides is 1. The number of nitrogens with zero attached hydrogens (tertiary/aromatic N) is 1. The molecule has 3 nitrogen and oxygen atoms in total. The first-order chi connectivity index (χ1) is 8.13. The molecule has 0 fully saturated rings. The second-order valence-electron chi connectivity index (χ2n) is 4.68. The Morgan fingerprint density at radius 1 is 1.35 bits per heavy atom. The van der Waals surface area contributed by atoms with Crippen LogP contribution in [0.3, 0.4) is 0 Å². The summed E-state index contributed by atoms with van der Waals surface area (Å²) >= 11 is 3.42. The van der Waals surface area contributed by atoms with Gasteiger partial charge in [-0.1, -0.05) is 22.9 Å². The van der Waals surface area contributed by atoms with Crippen LogP contribution in [0.15, 0.2) is 16.9 Å². The maximum Gasteiger partial charge on any atom is 0.250 e. The van der Waals surface area contributed by atoms with Gasteiger partial charge in [0.1, 0.15) is 0 Å². The molecule has 1 unspecified atom stereocenters. The van der Waals surface area contributed by atoms with E-state index < -0.39 is 0 Å². The Morgan fingerprint density at radius 3 is 2.82 bits per heavy atom. The molecule has 0 aliphatic heterocycles. The lowest BCUT2D eigenvalue weighted by Crippen LogP contribution is -2.30. The second kappa shape index (κ2) is 5.17. The molecule has 2 rings (SSSR count). The van der Waals surface area contributed by atoms with Gasteiger partial charge in [-0.15, -0.1) is 0 Å². The van der Waals surface area contributed by atoms with Crippen molar-refractivity contribution in [3.8, 4) is 0 Å². The summed E-state index contributed by atoms with van der Waals surface area (Å²) in [6, 6.07) is 3.21. The lowest BCUT2D eigenvalue weighted by Gasteiger charge is -2.21. The van der Waals surface area contributed by atoms with Crippen molar-refractivity contribution in [1.82, 2.24) is 4.57 Å². The number of pyridine rings is 1. The molecule has 92 valence electrons. The third-order valence-corrected chi connectivity index (χ3v) is 4.28. The normalized spacial score (nSPS) is 16.7. The number of hydrogen-bond acceptors (Lipinski definition) is 2. The highest BCUT2D eigenvalue weighted by atomic mass is 79.9. The number of halogens is 1. The molecule has 4 heteroatoms. The van der Waals surface area contributed by atoms with Crippen molar-refractivity contribution in [3.63, 3.8) is 0 Å². The fourth-order valence-corrected chi connectivity index (χ4v) is 2.46. The quantitative estimate of drug-likeness (QED) is 0.804. The second-order valence-corrected chi connectivity index (χ2v) is 5.33. The molecule has 0 amide bonds. The SMILES string of the molecule is CC(CBr)Cn1c2c(ccc1=O)C(=O)CCC2. The number of fused-ring (bicyclic) bond motifs is 1. The van der Waals surface area contributed by atoms with Crippen molar-refractivity contribution in [2.45, 2.75) is 32.7 Å². The van der Waals surface area contributed by atoms with E-state index in [1.165, 1.54) is 6.07 Å². The van der Waals surface area contributed by atoms with Gasteiger partial charge in [0.05, 0.1) is 0 Å². The molecule has 1 atom stereocenters. The van der Waals surface area contributed by atoms with Crippen molar-refractivity contribution in [1.29, 1.82) is 0 Å². The van der Waals surface area contributed by atoms with Gasteiger partial charge >= 0.3 is 0 Å². The summed E-state index contributed by atoms with van der Waals surface area (Å²) < 4.78 is 1.78. The van der Waals surface area contributed by atoms with E-state index in [1.54, 1.807) is 10.6 Å². The van der Waals surface area contributed by atoms with Gasteiger partial charge in [-0.05, 0) is 24.8 Å². The van der Waals surface area contributed by atoms with Crippen molar-refractivity contribution < 1.29 is 4.79 Å². The Hall–Kier alpha value is -0.900. The van der Waals surface area contributed by atoms with Crippen LogP contribution in [0, 0.1) is 5.92 Å². The van der Waals surface area contributed by atoms with Crippen LogP contribution in [0.5, 0.6) is 0 Å². The maximum absolute atomic E-state index is 11.9. The summed E-state index contributed by atoms with van der Waals surface area (Å²) in [5.74, 6) is 0.558. The van der Waals surface area contributed by atoms with E-state index in [1.807, 2.05) is 0 Å². The van der Waals surface area contributed by atoms with Crippen molar-refractivity contribution in [2.24, 2.45) is 5.92 Å². The minimum atomic E-state index is 0.00579. The third-order valence-electron chi connectivity index (χ3n) is 3.17. The lowest BCUT2D eigenvalue weighted by atomic mass is 9.94. The molecule has 1 aliphatic rings. The standard InChI is InChI=1S/C13H16BrNO2/c1-9(7-14)8-15-11-3-2-4-12(16)10(11)5-6-13(15)17/h5-6,9H,2-4,7-8H2,1H3. The number of rotatable bonds is 3. The van der Waals surface area contributed by atoms with Crippen LogP contribution in [0.25, 0.3) is 0 Å². The predicted octanol–water partition coefficient (Wildman–Crippen LogP) is 2.40. The van der Waals surface area contributed by atoms with Crippen molar-refractivity contribution >= 4 is 21.7 Å². The van der Waals surface area contributed by atoms with Gasteiger partial charge in [-0.2, -0.15) is 0 Å². The van der Waals surface area contributed by atoms with E-state index in [4.69, 9.17) is 0 Å². The predicted molar refractivity (Wildman–Crippen MR) is 70.9 cm³/mol. The number of Topliss-reactive ketones (excluding diaryl/α,β-unsaturated/α-hetero) is 1. The smallest absolute Gasteiger partial charge is 0.250 e. The molecule has 0 saturated heterocycles. The first-order valence-corrected chi connectivity index (χ1v) is 7.07. The van der Waals surface area contributed by atoms with Crippen LogP contribution >= 0.6 is 15.9 Å². The van der Waals surface area contributed by atoms with Crippen LogP contribution in [0.1, 0.15) is 35.8 Å². The third kappa shape index (κ3) is 2.51. The topological polar surface area (TPSA) is 39.1 Å². The summed E-state index contributed by atoms with van der Waals surface area (Å²) in [7, 11) is 0. The van der Waals surface area contributed by atoms with Crippen LogP contribution in [-0.2, 0) is 13.0 Å². The number of carbonyl (C=O) groups excluding carboxylic acids is 1. The summed E-state index contributed by atoms with van der Waals surface area (Å²) in [4.78, 5) is 23.7. The molecular formula is C13H16BrNO2. The zero-order valence-electron chi connectivity index (χ0n) is 9.91. The Kier molecular flexibility index (Phi) is 3.82. The number of carbonyl (C=O) groups is 1. The maximum atomic E-state index is 11.9. The van der Waals surface area contributed by atoms with E-state index in [-0.39, 0.29) is 11.3 Å². The molecule has 1 aliphatic carbocycles. The van der Waals surface area contributed by atoms with E-state index in [9.17, 15) is 9.59 Å². The lowest BCUT2D eigenvalue weighted by molar-refractivity contribution is 0.0970.